The maximum Gasteiger partial charge on any atom is 0.223 e. The molecule has 2 rings (SSSR count). The fourth-order valence-electron chi connectivity index (χ4n) is 2.89. The number of hydrogen-bond acceptors (Lipinski definition) is 3. The number of nitrogens with zero attached hydrogens (tertiary/aromatic N) is 2. The van der Waals surface area contributed by atoms with Crippen molar-refractivity contribution in [3.8, 4) is 0 Å². The van der Waals surface area contributed by atoms with Gasteiger partial charge >= 0.3 is 0 Å². The van der Waals surface area contributed by atoms with Gasteiger partial charge < -0.3 is 10.0 Å². The number of carbonyl (C=O) groups is 1. The van der Waals surface area contributed by atoms with Crippen LogP contribution >= 0.6 is 0 Å². The topological polar surface area (TPSA) is 53.4 Å². The number of amides is 1. The van der Waals surface area contributed by atoms with Crippen molar-refractivity contribution in [3.63, 3.8) is 0 Å². The summed E-state index contributed by atoms with van der Waals surface area (Å²) in [6.07, 6.45) is 3.60. The molecule has 1 heterocycles. The van der Waals surface area contributed by atoms with Crippen LogP contribution in [0.25, 0.3) is 0 Å². The third-order valence-electron chi connectivity index (χ3n) is 4.70. The van der Waals surface area contributed by atoms with E-state index in [-0.39, 0.29) is 18.6 Å². The number of aryl methyl sites for hydroxylation is 3. The molecule has 0 saturated carbocycles. The number of carbonyl (C=O) groups excluding carboxylic acids is 1. The van der Waals surface area contributed by atoms with Gasteiger partial charge in [0.25, 0.3) is 0 Å². The van der Waals surface area contributed by atoms with Gasteiger partial charge in [0.2, 0.25) is 5.91 Å². The average Bonchev–Trinajstić information content (AvgIpc) is 2.63. The average molecular weight is 340 g/mol. The van der Waals surface area contributed by atoms with E-state index >= 15 is 0 Å². The Bertz CT molecular complexity index is 682. The van der Waals surface area contributed by atoms with E-state index in [1.165, 1.54) is 16.7 Å². The van der Waals surface area contributed by atoms with E-state index in [0.29, 0.717) is 19.4 Å². The lowest BCUT2D eigenvalue weighted by atomic mass is 10.0. The molecule has 1 atom stereocenters. The van der Waals surface area contributed by atoms with E-state index in [1.807, 2.05) is 25.1 Å². The second-order valence-corrected chi connectivity index (χ2v) is 6.51. The molecule has 0 aliphatic heterocycles. The molecule has 134 valence electrons. The molecule has 0 radical (unpaired) electrons. The minimum absolute atomic E-state index is 0.0291. The van der Waals surface area contributed by atoms with Crippen molar-refractivity contribution in [1.29, 1.82) is 0 Å². The van der Waals surface area contributed by atoms with E-state index in [4.69, 9.17) is 0 Å². The van der Waals surface area contributed by atoms with E-state index in [9.17, 15) is 9.90 Å². The minimum atomic E-state index is -0.172. The number of hydrogen-bond donors (Lipinski definition) is 1. The predicted octanol–water partition coefficient (Wildman–Crippen LogP) is 3.43. The highest BCUT2D eigenvalue weighted by atomic mass is 16.3. The first kappa shape index (κ1) is 19.1. The molecule has 1 N–H and O–H groups in total. The van der Waals surface area contributed by atoms with Gasteiger partial charge in [0.15, 0.2) is 0 Å². The van der Waals surface area contributed by atoms with Gasteiger partial charge in [-0.2, -0.15) is 0 Å². The minimum Gasteiger partial charge on any atom is -0.394 e. The Balaban J connectivity index is 2.07. The fourth-order valence-corrected chi connectivity index (χ4v) is 2.89. The Hall–Kier alpha value is -2.20. The molecular weight excluding hydrogens is 312 g/mol. The van der Waals surface area contributed by atoms with Crippen molar-refractivity contribution < 1.29 is 9.90 Å². The molecule has 0 aliphatic rings. The summed E-state index contributed by atoms with van der Waals surface area (Å²) < 4.78 is 0. The number of benzene rings is 1. The van der Waals surface area contributed by atoms with Crippen molar-refractivity contribution in [2.75, 3.05) is 6.61 Å². The summed E-state index contributed by atoms with van der Waals surface area (Å²) in [7, 11) is 0. The zero-order valence-electron chi connectivity index (χ0n) is 15.4. The summed E-state index contributed by atoms with van der Waals surface area (Å²) in [6.45, 7) is 6.58. The van der Waals surface area contributed by atoms with Gasteiger partial charge in [-0.1, -0.05) is 31.2 Å². The maximum absolute atomic E-state index is 12.8. The number of pyridine rings is 1. The third kappa shape index (κ3) is 5.40. The predicted molar refractivity (Wildman–Crippen MR) is 100 cm³/mol. The summed E-state index contributed by atoms with van der Waals surface area (Å²) in [4.78, 5) is 18.9. The molecule has 0 unspecified atom stereocenters. The molecule has 0 fully saturated rings. The van der Waals surface area contributed by atoms with Crippen molar-refractivity contribution >= 4 is 5.91 Å². The first-order valence-corrected chi connectivity index (χ1v) is 8.91. The molecule has 0 aliphatic carbocycles. The van der Waals surface area contributed by atoms with Crippen LogP contribution in [0.1, 0.15) is 42.1 Å². The summed E-state index contributed by atoms with van der Waals surface area (Å²) >= 11 is 0. The standard InChI is InChI=1S/C21H28N2O2/c1-4-20(15-24)23(14-19-7-5-6-12-22-19)21(25)11-10-18-9-8-16(2)17(3)13-18/h5-9,12-13,20,24H,4,10-11,14-15H2,1-3H3/t20-/m1/s1. The summed E-state index contributed by atoms with van der Waals surface area (Å²) in [6, 6.07) is 11.8. The second-order valence-electron chi connectivity index (χ2n) is 6.51. The first-order valence-electron chi connectivity index (χ1n) is 8.91. The Morgan fingerprint density at radius 3 is 2.60 bits per heavy atom. The van der Waals surface area contributed by atoms with Gasteiger partial charge in [-0.25, -0.2) is 0 Å². The van der Waals surface area contributed by atoms with Gasteiger partial charge in [-0.15, -0.1) is 0 Å². The normalized spacial score (nSPS) is 12.0. The van der Waals surface area contributed by atoms with E-state index in [2.05, 4.69) is 37.0 Å². The Morgan fingerprint density at radius 2 is 2.00 bits per heavy atom. The summed E-state index contributed by atoms with van der Waals surface area (Å²) in [5.74, 6) is 0.0600. The van der Waals surface area contributed by atoms with Crippen LogP contribution in [0.15, 0.2) is 42.6 Å². The fraction of sp³-hybridized carbons (Fsp3) is 0.429. The molecule has 4 nitrogen and oxygen atoms in total. The highest BCUT2D eigenvalue weighted by molar-refractivity contribution is 5.76. The van der Waals surface area contributed by atoms with E-state index < -0.39 is 0 Å². The van der Waals surface area contributed by atoms with Crippen LogP contribution in [-0.2, 0) is 17.8 Å². The lowest BCUT2D eigenvalue weighted by Gasteiger charge is -2.30. The zero-order chi connectivity index (χ0) is 18.2. The third-order valence-corrected chi connectivity index (χ3v) is 4.70. The van der Waals surface area contributed by atoms with Crippen LogP contribution < -0.4 is 0 Å². The summed E-state index contributed by atoms with van der Waals surface area (Å²) in [5.41, 5.74) is 4.52. The van der Waals surface area contributed by atoms with Crippen molar-refractivity contribution in [1.82, 2.24) is 9.88 Å². The van der Waals surface area contributed by atoms with E-state index in [0.717, 1.165) is 12.1 Å². The zero-order valence-corrected chi connectivity index (χ0v) is 15.4. The highest BCUT2D eigenvalue weighted by Gasteiger charge is 2.22. The van der Waals surface area contributed by atoms with Gasteiger partial charge in [-0.3, -0.25) is 9.78 Å². The SMILES string of the molecule is CC[C@H](CO)N(Cc1ccccn1)C(=O)CCc1ccc(C)c(C)c1. The summed E-state index contributed by atoms with van der Waals surface area (Å²) in [5, 5.41) is 9.66. The van der Waals surface area contributed by atoms with Gasteiger partial charge in [0.1, 0.15) is 0 Å². The number of aliphatic hydroxyl groups excluding tert-OH is 1. The maximum atomic E-state index is 12.8. The Morgan fingerprint density at radius 1 is 1.20 bits per heavy atom. The molecule has 4 heteroatoms. The van der Waals surface area contributed by atoms with Crippen LogP contribution in [0.2, 0.25) is 0 Å². The smallest absolute Gasteiger partial charge is 0.223 e. The van der Waals surface area contributed by atoms with Gasteiger partial charge in [-0.05, 0) is 55.5 Å². The molecule has 0 spiro atoms. The van der Waals surface area contributed by atoms with Gasteiger partial charge in [0.05, 0.1) is 24.9 Å². The lowest BCUT2D eigenvalue weighted by molar-refractivity contribution is -0.135. The molecular formula is C21H28N2O2. The molecule has 25 heavy (non-hydrogen) atoms. The van der Waals surface area contributed by atoms with Crippen LogP contribution in [0.3, 0.4) is 0 Å². The Kier molecular flexibility index (Phi) is 7.14. The van der Waals surface area contributed by atoms with E-state index in [1.54, 1.807) is 11.1 Å². The van der Waals surface area contributed by atoms with Crippen LogP contribution in [0.5, 0.6) is 0 Å². The molecule has 2 aromatic rings. The van der Waals surface area contributed by atoms with Crippen LogP contribution in [-0.4, -0.2) is 33.5 Å². The highest BCUT2D eigenvalue weighted by Crippen LogP contribution is 2.15. The lowest BCUT2D eigenvalue weighted by Crippen LogP contribution is -2.42. The second kappa shape index (κ2) is 9.33. The molecule has 1 aromatic carbocycles. The molecule has 1 amide bonds. The van der Waals surface area contributed by atoms with Crippen molar-refractivity contribution in [2.24, 2.45) is 0 Å². The molecule has 0 bridgehead atoms. The molecule has 1 aromatic heterocycles. The first-order chi connectivity index (χ1) is 12.0. The van der Waals surface area contributed by atoms with Gasteiger partial charge in [0, 0.05) is 12.6 Å². The number of aromatic nitrogens is 1. The quantitative estimate of drug-likeness (QED) is 0.801. The number of aliphatic hydroxyl groups is 1. The van der Waals surface area contributed by atoms with Crippen molar-refractivity contribution in [3.05, 3.63) is 65.0 Å². The monoisotopic (exact) mass is 340 g/mol. The van der Waals surface area contributed by atoms with Crippen LogP contribution in [0.4, 0.5) is 0 Å². The number of rotatable bonds is 8. The Labute approximate surface area is 150 Å². The van der Waals surface area contributed by atoms with Crippen molar-refractivity contribution in [2.45, 2.75) is 52.6 Å². The molecule has 0 saturated heterocycles. The largest absolute Gasteiger partial charge is 0.394 e. The van der Waals surface area contributed by atoms with Crippen LogP contribution in [0, 0.1) is 13.8 Å².